The summed E-state index contributed by atoms with van der Waals surface area (Å²) < 4.78 is 5.24. The van der Waals surface area contributed by atoms with Crippen LogP contribution in [0.5, 0.6) is 5.75 Å². The Morgan fingerprint density at radius 1 is 1.55 bits per heavy atom. The molecule has 1 aromatic rings. The van der Waals surface area contributed by atoms with Crippen LogP contribution in [0.15, 0.2) is 12.1 Å². The van der Waals surface area contributed by atoms with E-state index in [0.717, 1.165) is 16.1 Å². The monoisotopic (exact) mass is 170 g/mol. The average molecular weight is 171 g/mol. The molecule has 2 bridgehead atoms. The smallest absolute Gasteiger partial charge is 0.126 e. The standard InChI is InChI=1S/C8H7ClO2/c9-7-2-8-5(3-10)1-6(7)4-11-8/h1-2,10H,3-4H2. The molecule has 1 N–H and O–H groups in total. The summed E-state index contributed by atoms with van der Waals surface area (Å²) >= 11 is 5.83. The summed E-state index contributed by atoms with van der Waals surface area (Å²) in [5, 5.41) is 9.57. The molecule has 3 heteroatoms. The predicted molar refractivity (Wildman–Crippen MR) is 41.7 cm³/mol. The van der Waals surface area contributed by atoms with Crippen molar-refractivity contribution < 1.29 is 9.84 Å². The first-order valence-electron chi connectivity index (χ1n) is 3.36. The summed E-state index contributed by atoms with van der Waals surface area (Å²) in [6.07, 6.45) is 0. The van der Waals surface area contributed by atoms with Gasteiger partial charge in [0.15, 0.2) is 0 Å². The number of aliphatic hydroxyl groups excluding tert-OH is 1. The highest BCUT2D eigenvalue weighted by atomic mass is 35.5. The van der Waals surface area contributed by atoms with Crippen molar-refractivity contribution in [1.82, 2.24) is 0 Å². The molecule has 2 aliphatic heterocycles. The lowest BCUT2D eigenvalue weighted by molar-refractivity contribution is 0.249. The lowest BCUT2D eigenvalue weighted by Gasteiger charge is -2.19. The second-order valence-corrected chi connectivity index (χ2v) is 2.91. The highest BCUT2D eigenvalue weighted by Crippen LogP contribution is 2.33. The van der Waals surface area contributed by atoms with Crippen molar-refractivity contribution >= 4 is 11.6 Å². The molecule has 0 spiro atoms. The maximum Gasteiger partial charge on any atom is 0.126 e. The summed E-state index contributed by atoms with van der Waals surface area (Å²) in [5.41, 5.74) is 1.77. The van der Waals surface area contributed by atoms with Crippen LogP contribution in [0.4, 0.5) is 0 Å². The minimum Gasteiger partial charge on any atom is -0.488 e. The van der Waals surface area contributed by atoms with Gasteiger partial charge < -0.3 is 9.84 Å². The van der Waals surface area contributed by atoms with Crippen molar-refractivity contribution in [1.29, 1.82) is 0 Å². The number of benzene rings is 1. The van der Waals surface area contributed by atoms with Crippen molar-refractivity contribution in [2.24, 2.45) is 0 Å². The molecule has 11 heavy (non-hydrogen) atoms. The predicted octanol–water partition coefficient (Wildman–Crippen LogP) is 1.72. The minimum atomic E-state index is 0.0134. The lowest BCUT2D eigenvalue weighted by atomic mass is 10.1. The number of rotatable bonds is 1. The van der Waals surface area contributed by atoms with E-state index in [9.17, 15) is 0 Å². The molecule has 2 heterocycles. The Labute approximate surface area is 69.4 Å². The van der Waals surface area contributed by atoms with E-state index in [4.69, 9.17) is 21.4 Å². The van der Waals surface area contributed by atoms with Gasteiger partial charge in [0, 0.05) is 11.1 Å². The minimum absolute atomic E-state index is 0.0134. The van der Waals surface area contributed by atoms with Crippen molar-refractivity contribution in [2.45, 2.75) is 13.2 Å². The van der Waals surface area contributed by atoms with E-state index in [1.165, 1.54) is 0 Å². The van der Waals surface area contributed by atoms with Crippen molar-refractivity contribution in [3.8, 4) is 5.75 Å². The van der Waals surface area contributed by atoms with Crippen LogP contribution in [0, 0.1) is 0 Å². The van der Waals surface area contributed by atoms with E-state index in [1.807, 2.05) is 6.07 Å². The van der Waals surface area contributed by atoms with E-state index >= 15 is 0 Å². The van der Waals surface area contributed by atoms with Crippen LogP contribution in [0.3, 0.4) is 0 Å². The van der Waals surface area contributed by atoms with Crippen LogP contribution < -0.4 is 4.74 Å². The Hall–Kier alpha value is -0.730. The van der Waals surface area contributed by atoms with Gasteiger partial charge in [0.25, 0.3) is 0 Å². The third-order valence-corrected chi connectivity index (χ3v) is 2.13. The van der Waals surface area contributed by atoms with Gasteiger partial charge in [0.05, 0.1) is 11.6 Å². The molecule has 0 saturated carbocycles. The van der Waals surface area contributed by atoms with Gasteiger partial charge in [-0.15, -0.1) is 0 Å². The highest BCUT2D eigenvalue weighted by Gasteiger charge is 2.15. The van der Waals surface area contributed by atoms with Gasteiger partial charge in [-0.3, -0.25) is 0 Å². The molecular weight excluding hydrogens is 164 g/mol. The van der Waals surface area contributed by atoms with E-state index < -0.39 is 0 Å². The number of ether oxygens (including phenoxy) is 1. The van der Waals surface area contributed by atoms with Gasteiger partial charge in [-0.1, -0.05) is 11.6 Å². The topological polar surface area (TPSA) is 29.5 Å². The van der Waals surface area contributed by atoms with Gasteiger partial charge in [-0.2, -0.15) is 0 Å². The molecule has 3 rings (SSSR count). The first-order chi connectivity index (χ1) is 5.31. The van der Waals surface area contributed by atoms with E-state index in [-0.39, 0.29) is 6.61 Å². The van der Waals surface area contributed by atoms with E-state index in [2.05, 4.69) is 0 Å². The molecule has 0 atom stereocenters. The molecule has 58 valence electrons. The van der Waals surface area contributed by atoms with Crippen molar-refractivity contribution in [2.75, 3.05) is 0 Å². The maximum absolute atomic E-state index is 8.84. The number of aliphatic hydroxyl groups is 1. The molecule has 0 unspecified atom stereocenters. The maximum atomic E-state index is 8.84. The first-order valence-corrected chi connectivity index (χ1v) is 3.74. The summed E-state index contributed by atoms with van der Waals surface area (Å²) in [6.45, 7) is 0.549. The summed E-state index contributed by atoms with van der Waals surface area (Å²) in [4.78, 5) is 0. The SMILES string of the molecule is OCc1cc2c(Cl)cc1OC2. The molecular formula is C8H7ClO2. The normalized spacial score (nSPS) is 13.3. The largest absolute Gasteiger partial charge is 0.488 e. The van der Waals surface area contributed by atoms with Crippen molar-refractivity contribution in [3.63, 3.8) is 0 Å². The molecule has 2 nitrogen and oxygen atoms in total. The van der Waals surface area contributed by atoms with E-state index in [1.54, 1.807) is 6.07 Å². The van der Waals surface area contributed by atoms with Crippen LogP contribution in [-0.2, 0) is 13.2 Å². The molecule has 2 aliphatic rings. The third kappa shape index (κ3) is 0.988. The van der Waals surface area contributed by atoms with E-state index in [0.29, 0.717) is 12.4 Å². The lowest BCUT2D eigenvalue weighted by Crippen LogP contribution is -2.07. The number of fused-ring (bicyclic) bond motifs is 3. The van der Waals surface area contributed by atoms with Crippen molar-refractivity contribution in [3.05, 3.63) is 28.3 Å². The second-order valence-electron chi connectivity index (χ2n) is 2.50. The van der Waals surface area contributed by atoms with Gasteiger partial charge in [-0.05, 0) is 12.1 Å². The fraction of sp³-hybridized carbons (Fsp3) is 0.250. The summed E-state index contributed by atoms with van der Waals surface area (Å²) in [5.74, 6) is 0.701. The van der Waals surface area contributed by atoms with Crippen LogP contribution in [0.25, 0.3) is 0 Å². The zero-order chi connectivity index (χ0) is 7.84. The summed E-state index contributed by atoms with van der Waals surface area (Å²) in [6, 6.07) is 3.62. The van der Waals surface area contributed by atoms with Gasteiger partial charge in [-0.25, -0.2) is 0 Å². The molecule has 0 aliphatic carbocycles. The zero-order valence-electron chi connectivity index (χ0n) is 5.80. The quantitative estimate of drug-likeness (QED) is 0.696. The van der Waals surface area contributed by atoms with Crippen LogP contribution in [0.1, 0.15) is 11.1 Å². The fourth-order valence-electron chi connectivity index (χ4n) is 1.17. The molecule has 0 amide bonds. The molecule has 0 saturated heterocycles. The first kappa shape index (κ1) is 6.95. The van der Waals surface area contributed by atoms with Crippen LogP contribution in [-0.4, -0.2) is 5.11 Å². The average Bonchev–Trinajstić information content (AvgIpc) is 2.05. The molecule has 0 fully saturated rings. The van der Waals surface area contributed by atoms with Gasteiger partial charge in [0.1, 0.15) is 12.4 Å². The Kier molecular flexibility index (Phi) is 1.51. The fourth-order valence-corrected chi connectivity index (χ4v) is 1.38. The number of hydrogen-bond acceptors (Lipinski definition) is 2. The molecule has 0 aromatic heterocycles. The van der Waals surface area contributed by atoms with Gasteiger partial charge >= 0.3 is 0 Å². The number of halogens is 1. The third-order valence-electron chi connectivity index (χ3n) is 1.78. The highest BCUT2D eigenvalue weighted by molar-refractivity contribution is 6.31. The van der Waals surface area contributed by atoms with Gasteiger partial charge in [0.2, 0.25) is 0 Å². The molecule has 0 radical (unpaired) electrons. The number of hydrogen-bond donors (Lipinski definition) is 1. The Bertz CT molecular complexity index is 296. The summed E-state index contributed by atoms with van der Waals surface area (Å²) in [7, 11) is 0. The molecule has 1 aromatic carbocycles. The Morgan fingerprint density at radius 2 is 2.36 bits per heavy atom. The van der Waals surface area contributed by atoms with Crippen LogP contribution in [0.2, 0.25) is 5.02 Å². The zero-order valence-corrected chi connectivity index (χ0v) is 6.56. The Balaban J connectivity index is 2.59. The second kappa shape index (κ2) is 2.40. The Morgan fingerprint density at radius 3 is 2.82 bits per heavy atom. The van der Waals surface area contributed by atoms with Crippen LogP contribution >= 0.6 is 11.6 Å².